The van der Waals surface area contributed by atoms with E-state index in [2.05, 4.69) is 113 Å². The summed E-state index contributed by atoms with van der Waals surface area (Å²) in [7, 11) is 0. The number of hydrogen-bond donors (Lipinski definition) is 0. The minimum absolute atomic E-state index is 1.12. The van der Waals surface area contributed by atoms with Crippen LogP contribution in [-0.2, 0) is 6.42 Å². The third-order valence-corrected chi connectivity index (χ3v) is 9.03. The molecule has 0 radical (unpaired) electrons. The van der Waals surface area contributed by atoms with E-state index in [0.29, 0.717) is 0 Å². The first-order valence-corrected chi connectivity index (χ1v) is 17.4. The second-order valence-corrected chi connectivity index (χ2v) is 12.2. The number of benzene rings is 5. The van der Waals surface area contributed by atoms with Gasteiger partial charge in [0.1, 0.15) is 0 Å². The zero-order valence-corrected chi connectivity index (χ0v) is 28.4. The van der Waals surface area contributed by atoms with Crippen molar-refractivity contribution >= 4 is 37.9 Å². The fourth-order valence-corrected chi connectivity index (χ4v) is 6.69. The van der Waals surface area contributed by atoms with E-state index in [1.54, 1.807) is 0 Å². The predicted octanol–water partition coefficient (Wildman–Crippen LogP) is 14.1. The van der Waals surface area contributed by atoms with Gasteiger partial charge in [-0.15, -0.1) is 0 Å². The van der Waals surface area contributed by atoms with Crippen molar-refractivity contribution in [2.24, 2.45) is 0 Å². The molecule has 0 nitrogen and oxygen atoms in total. The van der Waals surface area contributed by atoms with Crippen LogP contribution in [0.15, 0.2) is 91.5 Å². The van der Waals surface area contributed by atoms with Crippen LogP contribution < -0.4 is 0 Å². The zero-order valence-electron chi connectivity index (χ0n) is 28.4. The lowest BCUT2D eigenvalue weighted by molar-refractivity contribution is 0.667. The smallest absolute Gasteiger partial charge is 0.00176 e. The van der Waals surface area contributed by atoms with Crippen LogP contribution in [0.4, 0.5) is 0 Å². The molecule has 0 aromatic heterocycles. The van der Waals surface area contributed by atoms with Crippen LogP contribution in [-0.4, -0.2) is 0 Å². The van der Waals surface area contributed by atoms with Gasteiger partial charge < -0.3 is 0 Å². The standard InChI is InChI=1S/C42H48.C2H6/c1-6-9-11-13-14-16-19-33(17-8-3)39-28-30(4)35-25-27-38-40(29-31(5)36-24-26-37(39)41(35)42(36)38)34-22-20-32(21-23-34)18-15-12-10-7-2;1-2/h8,16-17,19-29H,3,6-7,9-15,18H2,1-2,4-5H3;1-2H3/b19-16-,33-17+;. The molecule has 0 N–H and O–H groups in total. The highest BCUT2D eigenvalue weighted by molar-refractivity contribution is 6.28. The van der Waals surface area contributed by atoms with E-state index >= 15 is 0 Å². The van der Waals surface area contributed by atoms with Gasteiger partial charge in [-0.2, -0.15) is 0 Å². The predicted molar refractivity (Wildman–Crippen MR) is 200 cm³/mol. The lowest BCUT2D eigenvalue weighted by atomic mass is 9.84. The first-order chi connectivity index (χ1) is 21.6. The van der Waals surface area contributed by atoms with Crippen molar-refractivity contribution in [3.63, 3.8) is 0 Å². The summed E-state index contributed by atoms with van der Waals surface area (Å²) in [4.78, 5) is 0. The molecule has 0 saturated carbocycles. The Kier molecular flexibility index (Phi) is 12.4. The number of unbranched alkanes of at least 4 members (excludes halogenated alkanes) is 7. The minimum atomic E-state index is 1.12. The number of hydrogen-bond acceptors (Lipinski definition) is 0. The van der Waals surface area contributed by atoms with Crippen molar-refractivity contribution in [2.75, 3.05) is 0 Å². The molecule has 0 spiro atoms. The Balaban J connectivity index is 0.00000216. The van der Waals surface area contributed by atoms with Crippen LogP contribution >= 0.6 is 0 Å². The monoisotopic (exact) mass is 582 g/mol. The maximum Gasteiger partial charge on any atom is -0.00176 e. The van der Waals surface area contributed by atoms with Crippen molar-refractivity contribution < 1.29 is 0 Å². The summed E-state index contributed by atoms with van der Waals surface area (Å²) < 4.78 is 0. The molecule has 0 atom stereocenters. The van der Waals surface area contributed by atoms with Crippen LogP contribution in [0.2, 0.25) is 0 Å². The van der Waals surface area contributed by atoms with Gasteiger partial charge in [0.2, 0.25) is 0 Å². The van der Waals surface area contributed by atoms with Gasteiger partial charge in [-0.25, -0.2) is 0 Å². The zero-order chi connectivity index (χ0) is 31.5. The molecule has 0 amide bonds. The average Bonchev–Trinajstić information content (AvgIpc) is 3.05. The van der Waals surface area contributed by atoms with Crippen LogP contribution in [0.5, 0.6) is 0 Å². The van der Waals surface area contributed by atoms with Gasteiger partial charge >= 0.3 is 0 Å². The molecular formula is C44H54. The lowest BCUT2D eigenvalue weighted by Gasteiger charge is -2.20. The van der Waals surface area contributed by atoms with E-state index in [1.807, 2.05) is 19.9 Å². The quantitative estimate of drug-likeness (QED) is 0.0694. The summed E-state index contributed by atoms with van der Waals surface area (Å²) >= 11 is 0. The maximum atomic E-state index is 4.06. The average molecular weight is 583 g/mol. The number of allylic oxidation sites excluding steroid dienone is 5. The summed E-state index contributed by atoms with van der Waals surface area (Å²) in [6, 6.07) is 23.6. The van der Waals surface area contributed by atoms with Crippen molar-refractivity contribution in [2.45, 2.75) is 106 Å². The van der Waals surface area contributed by atoms with Crippen LogP contribution in [0.25, 0.3) is 49.0 Å². The third-order valence-electron chi connectivity index (χ3n) is 9.03. The molecule has 0 aliphatic carbocycles. The maximum absolute atomic E-state index is 4.06. The molecule has 0 bridgehead atoms. The lowest BCUT2D eigenvalue weighted by Crippen LogP contribution is -1.95. The van der Waals surface area contributed by atoms with Crippen LogP contribution in [0, 0.1) is 13.8 Å². The van der Waals surface area contributed by atoms with E-state index < -0.39 is 0 Å². The summed E-state index contributed by atoms with van der Waals surface area (Å²) in [5.41, 5.74) is 9.31. The van der Waals surface area contributed by atoms with E-state index in [4.69, 9.17) is 0 Å². The molecule has 5 aromatic carbocycles. The molecule has 44 heavy (non-hydrogen) atoms. The van der Waals surface area contributed by atoms with Crippen LogP contribution in [0.3, 0.4) is 0 Å². The molecule has 0 heteroatoms. The molecule has 5 rings (SSSR count). The largest absolute Gasteiger partial charge is 0.0990 e. The highest BCUT2D eigenvalue weighted by Gasteiger charge is 2.18. The highest BCUT2D eigenvalue weighted by Crippen LogP contribution is 2.44. The Morgan fingerprint density at radius 1 is 0.659 bits per heavy atom. The van der Waals surface area contributed by atoms with Gasteiger partial charge in [0.15, 0.2) is 0 Å². The third kappa shape index (κ3) is 7.35. The van der Waals surface area contributed by atoms with Gasteiger partial charge in [-0.1, -0.05) is 158 Å². The van der Waals surface area contributed by atoms with Gasteiger partial charge in [0.05, 0.1) is 0 Å². The Hall–Kier alpha value is -3.64. The van der Waals surface area contributed by atoms with E-state index in [9.17, 15) is 0 Å². The normalized spacial score (nSPS) is 12.0. The topological polar surface area (TPSA) is 0 Å². The number of aryl methyl sites for hydroxylation is 3. The first kappa shape index (κ1) is 33.3. The Bertz CT molecular complexity index is 1710. The highest BCUT2D eigenvalue weighted by atomic mass is 14.2. The Morgan fingerprint density at radius 3 is 1.91 bits per heavy atom. The molecular weight excluding hydrogens is 528 g/mol. The summed E-state index contributed by atoms with van der Waals surface area (Å²) in [5.74, 6) is 0. The summed E-state index contributed by atoms with van der Waals surface area (Å²) in [6.45, 7) is 17.1. The molecule has 230 valence electrons. The van der Waals surface area contributed by atoms with Crippen molar-refractivity contribution in [1.29, 1.82) is 0 Å². The SMILES string of the molecule is C=C/C=C(\C=C/CCCCCC)c1cc(C)c2ccc3c(-c4ccc(CCCCCC)cc4)cc(C)c4ccc1c2c43.CC. The Labute approximate surface area is 267 Å². The van der Waals surface area contributed by atoms with E-state index in [0.717, 1.165) is 6.42 Å². The Morgan fingerprint density at radius 2 is 1.25 bits per heavy atom. The molecule has 5 aromatic rings. The van der Waals surface area contributed by atoms with Gasteiger partial charge in [-0.05, 0) is 111 Å². The fourth-order valence-electron chi connectivity index (χ4n) is 6.69. The molecule has 0 aliphatic rings. The van der Waals surface area contributed by atoms with Gasteiger partial charge in [-0.3, -0.25) is 0 Å². The van der Waals surface area contributed by atoms with Crippen LogP contribution in [0.1, 0.15) is 108 Å². The van der Waals surface area contributed by atoms with E-state index in [1.165, 1.54) is 129 Å². The van der Waals surface area contributed by atoms with Gasteiger partial charge in [0, 0.05) is 0 Å². The van der Waals surface area contributed by atoms with Gasteiger partial charge in [0.25, 0.3) is 0 Å². The molecule has 0 aliphatic heterocycles. The van der Waals surface area contributed by atoms with E-state index in [-0.39, 0.29) is 0 Å². The molecule has 0 fully saturated rings. The molecule has 0 saturated heterocycles. The fraction of sp³-hybridized carbons (Fsp3) is 0.364. The van der Waals surface area contributed by atoms with Crippen molar-refractivity contribution in [1.82, 2.24) is 0 Å². The number of rotatable bonds is 14. The first-order valence-electron chi connectivity index (χ1n) is 17.4. The second kappa shape index (κ2) is 16.4. The summed E-state index contributed by atoms with van der Waals surface area (Å²) in [5, 5.41) is 8.18. The minimum Gasteiger partial charge on any atom is -0.0990 e. The summed E-state index contributed by atoms with van der Waals surface area (Å²) in [6.07, 6.45) is 21.5. The van der Waals surface area contributed by atoms with Crippen molar-refractivity contribution in [3.05, 3.63) is 114 Å². The van der Waals surface area contributed by atoms with Crippen molar-refractivity contribution in [3.8, 4) is 11.1 Å². The molecule has 0 heterocycles. The molecule has 0 unspecified atom stereocenters. The second-order valence-electron chi connectivity index (χ2n) is 12.2.